The van der Waals surface area contributed by atoms with Crippen molar-refractivity contribution in [2.24, 2.45) is 5.92 Å². The number of sulfonamides is 1. The summed E-state index contributed by atoms with van der Waals surface area (Å²) in [5.74, 6) is -1.70. The van der Waals surface area contributed by atoms with Crippen molar-refractivity contribution in [3.8, 4) is 6.07 Å². The first kappa shape index (κ1) is 15.5. The molecular weight excluding hydrogens is 292 g/mol. The van der Waals surface area contributed by atoms with Crippen LogP contribution >= 0.6 is 0 Å². The first-order valence-corrected chi connectivity index (χ1v) is 8.18. The number of hydrogen-bond acceptors (Lipinski definition) is 4. The maximum atomic E-state index is 12.5. The van der Waals surface area contributed by atoms with E-state index in [1.165, 1.54) is 0 Å². The predicted molar refractivity (Wildman–Crippen MR) is 75.7 cm³/mol. The number of rotatable bonds is 4. The van der Waals surface area contributed by atoms with E-state index < -0.39 is 22.0 Å². The molecule has 1 N–H and O–H groups in total. The molecule has 1 aromatic carbocycles. The van der Waals surface area contributed by atoms with Gasteiger partial charge >= 0.3 is 5.97 Å². The average molecular weight is 308 g/mol. The summed E-state index contributed by atoms with van der Waals surface area (Å²) >= 11 is 0. The van der Waals surface area contributed by atoms with Gasteiger partial charge in [0.25, 0.3) is 0 Å². The highest BCUT2D eigenvalue weighted by Crippen LogP contribution is 2.28. The lowest BCUT2D eigenvalue weighted by Crippen LogP contribution is -2.43. The quantitative estimate of drug-likeness (QED) is 0.900. The Balaban J connectivity index is 2.31. The zero-order valence-corrected chi connectivity index (χ0v) is 12.4. The van der Waals surface area contributed by atoms with Crippen molar-refractivity contribution < 1.29 is 18.3 Å². The minimum Gasteiger partial charge on any atom is -0.480 e. The summed E-state index contributed by atoms with van der Waals surface area (Å²) in [6, 6.07) is 7.37. The Bertz CT molecular complexity index is 693. The largest absolute Gasteiger partial charge is 0.480 e. The molecule has 21 heavy (non-hydrogen) atoms. The van der Waals surface area contributed by atoms with Crippen LogP contribution in [0.2, 0.25) is 0 Å². The predicted octanol–water partition coefficient (Wildman–Crippen LogP) is 1.18. The summed E-state index contributed by atoms with van der Waals surface area (Å²) in [4.78, 5) is 11.3. The van der Waals surface area contributed by atoms with Crippen molar-refractivity contribution in [3.63, 3.8) is 0 Å². The molecule has 0 saturated carbocycles. The number of carboxylic acids is 1. The third kappa shape index (κ3) is 3.06. The van der Waals surface area contributed by atoms with Gasteiger partial charge in [-0.15, -0.1) is 0 Å². The van der Waals surface area contributed by atoms with Gasteiger partial charge in [0.1, 0.15) is 6.04 Å². The van der Waals surface area contributed by atoms with Crippen LogP contribution in [0.5, 0.6) is 0 Å². The van der Waals surface area contributed by atoms with Gasteiger partial charge in [-0.3, -0.25) is 4.79 Å². The lowest BCUT2D eigenvalue weighted by Gasteiger charge is -2.23. The van der Waals surface area contributed by atoms with Crippen LogP contribution in [0, 0.1) is 17.2 Å². The SMILES string of the molecule is CC1CCN(S(=O)(=O)Cc2ccccc2C#N)C1C(=O)O. The van der Waals surface area contributed by atoms with Crippen LogP contribution < -0.4 is 0 Å². The topological polar surface area (TPSA) is 98.5 Å². The fraction of sp³-hybridized carbons (Fsp3) is 0.429. The minimum atomic E-state index is -3.77. The highest BCUT2D eigenvalue weighted by atomic mass is 32.2. The number of aliphatic carboxylic acids is 1. The summed E-state index contributed by atoms with van der Waals surface area (Å²) in [6.45, 7) is 1.94. The van der Waals surface area contributed by atoms with Crippen LogP contribution in [0.4, 0.5) is 0 Å². The molecule has 0 aliphatic carbocycles. The lowest BCUT2D eigenvalue weighted by atomic mass is 10.0. The first-order chi connectivity index (χ1) is 9.86. The average Bonchev–Trinajstić information content (AvgIpc) is 2.82. The highest BCUT2D eigenvalue weighted by molar-refractivity contribution is 7.88. The minimum absolute atomic E-state index is 0.204. The Labute approximate surface area is 123 Å². The zero-order chi connectivity index (χ0) is 15.6. The Kier molecular flexibility index (Phi) is 4.30. The molecule has 7 heteroatoms. The normalized spacial score (nSPS) is 22.9. The molecule has 2 rings (SSSR count). The molecule has 0 radical (unpaired) electrons. The molecule has 0 spiro atoms. The van der Waals surface area contributed by atoms with E-state index >= 15 is 0 Å². The summed E-state index contributed by atoms with van der Waals surface area (Å²) in [5, 5.41) is 18.2. The van der Waals surface area contributed by atoms with Crippen LogP contribution in [0.3, 0.4) is 0 Å². The van der Waals surface area contributed by atoms with Crippen molar-refractivity contribution in [2.75, 3.05) is 6.54 Å². The van der Waals surface area contributed by atoms with Crippen LogP contribution in [0.1, 0.15) is 24.5 Å². The van der Waals surface area contributed by atoms with E-state index in [4.69, 9.17) is 5.26 Å². The smallest absolute Gasteiger partial charge is 0.322 e. The summed E-state index contributed by atoms with van der Waals surface area (Å²) in [7, 11) is -3.77. The molecule has 1 aliphatic heterocycles. The standard InChI is InChI=1S/C14H16N2O4S/c1-10-6-7-16(13(10)14(17)18)21(19,20)9-12-5-3-2-4-11(12)8-15/h2-5,10,13H,6-7,9H2,1H3,(H,17,18). The van der Waals surface area contributed by atoms with Crippen LogP contribution in [-0.4, -0.2) is 36.4 Å². The van der Waals surface area contributed by atoms with E-state index in [0.29, 0.717) is 17.5 Å². The maximum absolute atomic E-state index is 12.5. The van der Waals surface area contributed by atoms with E-state index in [0.717, 1.165) is 4.31 Å². The Hall–Kier alpha value is -1.91. The van der Waals surface area contributed by atoms with E-state index in [-0.39, 0.29) is 18.2 Å². The van der Waals surface area contributed by atoms with Gasteiger partial charge in [0.05, 0.1) is 17.4 Å². The summed E-state index contributed by atoms with van der Waals surface area (Å²) in [6.07, 6.45) is 0.524. The number of hydrogen-bond donors (Lipinski definition) is 1. The maximum Gasteiger partial charge on any atom is 0.322 e. The van der Waals surface area contributed by atoms with Gasteiger partial charge in [-0.25, -0.2) is 8.42 Å². The highest BCUT2D eigenvalue weighted by Gasteiger charge is 2.43. The van der Waals surface area contributed by atoms with E-state index in [9.17, 15) is 18.3 Å². The molecule has 0 bridgehead atoms. The molecule has 2 atom stereocenters. The summed E-state index contributed by atoms with van der Waals surface area (Å²) < 4.78 is 26.0. The van der Waals surface area contributed by atoms with Crippen molar-refractivity contribution in [3.05, 3.63) is 35.4 Å². The van der Waals surface area contributed by atoms with Crippen molar-refractivity contribution in [1.82, 2.24) is 4.31 Å². The Morgan fingerprint density at radius 2 is 2.14 bits per heavy atom. The molecule has 1 saturated heterocycles. The fourth-order valence-electron chi connectivity index (χ4n) is 2.63. The molecule has 1 aromatic rings. The van der Waals surface area contributed by atoms with Crippen molar-refractivity contribution in [1.29, 1.82) is 5.26 Å². The van der Waals surface area contributed by atoms with Crippen LogP contribution in [0.25, 0.3) is 0 Å². The number of benzene rings is 1. The molecule has 0 aromatic heterocycles. The van der Waals surface area contributed by atoms with Gasteiger partial charge in [0, 0.05) is 6.54 Å². The van der Waals surface area contributed by atoms with Crippen molar-refractivity contribution >= 4 is 16.0 Å². The fourth-order valence-corrected chi connectivity index (χ4v) is 4.46. The molecule has 112 valence electrons. The molecule has 0 amide bonds. The first-order valence-electron chi connectivity index (χ1n) is 6.57. The molecule has 1 fully saturated rings. The molecule has 6 nitrogen and oxygen atoms in total. The second-order valence-corrected chi connectivity index (χ2v) is 7.11. The Morgan fingerprint density at radius 3 is 2.76 bits per heavy atom. The molecular formula is C14H16N2O4S. The Morgan fingerprint density at radius 1 is 1.48 bits per heavy atom. The van der Waals surface area contributed by atoms with Crippen LogP contribution in [0.15, 0.2) is 24.3 Å². The second kappa shape index (κ2) is 5.84. The van der Waals surface area contributed by atoms with E-state index in [2.05, 4.69) is 0 Å². The molecule has 1 aliphatic rings. The van der Waals surface area contributed by atoms with Gasteiger partial charge in [-0.05, 0) is 24.0 Å². The van der Waals surface area contributed by atoms with Crippen molar-refractivity contribution in [2.45, 2.75) is 25.1 Å². The number of nitriles is 1. The number of carbonyl (C=O) groups is 1. The molecule has 2 unspecified atom stereocenters. The molecule has 1 heterocycles. The van der Waals surface area contributed by atoms with Crippen LogP contribution in [-0.2, 0) is 20.6 Å². The summed E-state index contributed by atoms with van der Waals surface area (Å²) in [5.41, 5.74) is 0.684. The number of nitrogens with zero attached hydrogens (tertiary/aromatic N) is 2. The van der Waals surface area contributed by atoms with E-state index in [1.54, 1.807) is 31.2 Å². The third-order valence-corrected chi connectivity index (χ3v) is 5.54. The second-order valence-electron chi connectivity index (χ2n) is 5.18. The van der Waals surface area contributed by atoms with Gasteiger partial charge in [0.15, 0.2) is 0 Å². The number of carboxylic acid groups (broad SMARTS) is 1. The monoisotopic (exact) mass is 308 g/mol. The zero-order valence-electron chi connectivity index (χ0n) is 11.6. The van der Waals surface area contributed by atoms with Gasteiger partial charge in [0.2, 0.25) is 10.0 Å². The lowest BCUT2D eigenvalue weighted by molar-refractivity contribution is -0.141. The van der Waals surface area contributed by atoms with Gasteiger partial charge in [-0.1, -0.05) is 25.1 Å². The third-order valence-electron chi connectivity index (χ3n) is 3.74. The van der Waals surface area contributed by atoms with E-state index in [1.807, 2.05) is 6.07 Å². The van der Waals surface area contributed by atoms with Gasteiger partial charge in [-0.2, -0.15) is 9.57 Å². The van der Waals surface area contributed by atoms with Gasteiger partial charge < -0.3 is 5.11 Å².